The van der Waals surface area contributed by atoms with E-state index in [9.17, 15) is 9.18 Å². The van der Waals surface area contributed by atoms with E-state index < -0.39 is 11.7 Å². The number of hydrogen-bond donors (Lipinski definition) is 1. The van der Waals surface area contributed by atoms with Gasteiger partial charge in [-0.2, -0.15) is 0 Å². The molecule has 6 nitrogen and oxygen atoms in total. The second kappa shape index (κ2) is 8.75. The van der Waals surface area contributed by atoms with Crippen LogP contribution in [0, 0.1) is 11.7 Å². The monoisotopic (exact) mass is 382 g/mol. The molecule has 0 aliphatic carbocycles. The van der Waals surface area contributed by atoms with Crippen LogP contribution in [0.5, 0.6) is 0 Å². The Morgan fingerprint density at radius 3 is 2.57 bits per heavy atom. The molecule has 146 valence electrons. The highest BCUT2D eigenvalue weighted by Crippen LogP contribution is 2.24. The minimum absolute atomic E-state index is 0.167. The first-order chi connectivity index (χ1) is 13.5. The summed E-state index contributed by atoms with van der Waals surface area (Å²) in [6.45, 7) is 5.50. The highest BCUT2D eigenvalue weighted by atomic mass is 19.1. The zero-order chi connectivity index (χ0) is 20.1. The highest BCUT2D eigenvalue weighted by Gasteiger charge is 2.19. The van der Waals surface area contributed by atoms with Gasteiger partial charge in [0.2, 0.25) is 5.82 Å². The number of carbonyl (C=O) groups excluding carboxylic acids is 1. The Kier molecular flexibility index (Phi) is 6.16. The molecule has 3 rings (SSSR count). The maximum Gasteiger partial charge on any atom is 0.288 e. The molecule has 0 saturated heterocycles. The number of halogens is 1. The number of nitrogens with zero attached hydrogens (tertiary/aromatic N) is 3. The van der Waals surface area contributed by atoms with Crippen molar-refractivity contribution in [2.75, 3.05) is 6.61 Å². The van der Waals surface area contributed by atoms with E-state index in [1.807, 2.05) is 24.3 Å². The minimum atomic E-state index is -0.772. The number of nitrogens with two attached hydrogens (primary N) is 1. The summed E-state index contributed by atoms with van der Waals surface area (Å²) in [5.41, 5.74) is 7.21. The van der Waals surface area contributed by atoms with Crippen LogP contribution in [0.4, 0.5) is 4.39 Å². The number of primary amides is 1. The molecule has 1 aromatic heterocycles. The van der Waals surface area contributed by atoms with E-state index in [4.69, 9.17) is 10.5 Å². The van der Waals surface area contributed by atoms with Crippen molar-refractivity contribution in [3.63, 3.8) is 0 Å². The lowest BCUT2D eigenvalue weighted by Crippen LogP contribution is -2.13. The average molecular weight is 382 g/mol. The SMILES string of the molecule is CCC(C)COCc1ccc(-n2nc(C(N)=O)nc2-c2ccccc2F)cc1. The highest BCUT2D eigenvalue weighted by molar-refractivity contribution is 5.89. The Hall–Kier alpha value is -3.06. The second-order valence-corrected chi connectivity index (χ2v) is 6.71. The molecule has 0 aliphatic rings. The Morgan fingerprint density at radius 1 is 1.21 bits per heavy atom. The standard InChI is InChI=1S/C21H23FN4O2/c1-3-14(2)12-28-13-15-8-10-16(11-9-15)26-21(24-20(25-26)19(23)27)17-6-4-5-7-18(17)22/h4-11,14H,3,12-13H2,1-2H3,(H2,23,27). The number of aromatic nitrogens is 3. The molecule has 0 radical (unpaired) electrons. The second-order valence-electron chi connectivity index (χ2n) is 6.71. The maximum atomic E-state index is 14.3. The van der Waals surface area contributed by atoms with E-state index in [2.05, 4.69) is 23.9 Å². The van der Waals surface area contributed by atoms with Gasteiger partial charge in [0.25, 0.3) is 5.91 Å². The first-order valence-electron chi connectivity index (χ1n) is 9.18. The zero-order valence-corrected chi connectivity index (χ0v) is 15.9. The quantitative estimate of drug-likeness (QED) is 0.643. The molecule has 1 unspecified atom stereocenters. The van der Waals surface area contributed by atoms with E-state index in [0.717, 1.165) is 12.0 Å². The lowest BCUT2D eigenvalue weighted by atomic mass is 10.1. The molecular weight excluding hydrogens is 359 g/mol. The lowest BCUT2D eigenvalue weighted by Gasteiger charge is -2.10. The van der Waals surface area contributed by atoms with Gasteiger partial charge in [-0.25, -0.2) is 14.1 Å². The Balaban J connectivity index is 1.88. The molecular formula is C21H23FN4O2. The predicted molar refractivity (Wildman–Crippen MR) is 104 cm³/mol. The number of carbonyl (C=O) groups is 1. The lowest BCUT2D eigenvalue weighted by molar-refractivity contribution is 0.0910. The van der Waals surface area contributed by atoms with E-state index in [1.54, 1.807) is 18.2 Å². The summed E-state index contributed by atoms with van der Waals surface area (Å²) < 4.78 is 21.4. The van der Waals surface area contributed by atoms with Crippen molar-refractivity contribution in [2.45, 2.75) is 26.9 Å². The summed E-state index contributed by atoms with van der Waals surface area (Å²) in [4.78, 5) is 15.7. The van der Waals surface area contributed by atoms with Gasteiger partial charge < -0.3 is 10.5 Å². The molecule has 2 aromatic carbocycles. The molecule has 0 fully saturated rings. The number of benzene rings is 2. The van der Waals surface area contributed by atoms with Crippen LogP contribution in [0.25, 0.3) is 17.1 Å². The van der Waals surface area contributed by atoms with E-state index in [0.29, 0.717) is 24.8 Å². The van der Waals surface area contributed by atoms with Gasteiger partial charge in [0.1, 0.15) is 5.82 Å². The van der Waals surface area contributed by atoms with Gasteiger partial charge in [0, 0.05) is 6.61 Å². The fourth-order valence-electron chi connectivity index (χ4n) is 2.64. The normalized spacial score (nSPS) is 12.1. The van der Waals surface area contributed by atoms with Gasteiger partial charge in [-0.05, 0) is 35.7 Å². The molecule has 2 N–H and O–H groups in total. The van der Waals surface area contributed by atoms with Crippen LogP contribution in [0.15, 0.2) is 48.5 Å². The van der Waals surface area contributed by atoms with Crippen molar-refractivity contribution in [1.82, 2.24) is 14.8 Å². The fourth-order valence-corrected chi connectivity index (χ4v) is 2.64. The number of rotatable bonds is 8. The molecule has 0 saturated carbocycles. The van der Waals surface area contributed by atoms with E-state index >= 15 is 0 Å². The number of hydrogen-bond acceptors (Lipinski definition) is 4. The summed E-state index contributed by atoms with van der Waals surface area (Å²) in [5.74, 6) is -0.662. The Labute approximate surface area is 163 Å². The molecule has 0 spiro atoms. The van der Waals surface area contributed by atoms with Crippen molar-refractivity contribution in [2.24, 2.45) is 11.7 Å². The summed E-state index contributed by atoms with van der Waals surface area (Å²) in [5, 5.41) is 4.16. The van der Waals surface area contributed by atoms with Crippen molar-refractivity contribution < 1.29 is 13.9 Å². The molecule has 3 aromatic rings. The minimum Gasteiger partial charge on any atom is -0.376 e. The topological polar surface area (TPSA) is 83.0 Å². The molecule has 1 atom stereocenters. The van der Waals surface area contributed by atoms with Gasteiger partial charge in [0.05, 0.1) is 17.9 Å². The average Bonchev–Trinajstić information content (AvgIpc) is 3.14. The molecule has 1 heterocycles. The van der Waals surface area contributed by atoms with Crippen LogP contribution in [0.3, 0.4) is 0 Å². The summed E-state index contributed by atoms with van der Waals surface area (Å²) in [7, 11) is 0. The van der Waals surface area contributed by atoms with Crippen molar-refractivity contribution in [1.29, 1.82) is 0 Å². The third-order valence-electron chi connectivity index (χ3n) is 4.49. The Bertz CT molecular complexity index is 953. The van der Waals surface area contributed by atoms with E-state index in [-0.39, 0.29) is 17.2 Å². The predicted octanol–water partition coefficient (Wildman–Crippen LogP) is 3.74. The molecule has 7 heteroatoms. The first-order valence-corrected chi connectivity index (χ1v) is 9.18. The van der Waals surface area contributed by atoms with Gasteiger partial charge >= 0.3 is 0 Å². The van der Waals surface area contributed by atoms with Crippen LogP contribution >= 0.6 is 0 Å². The molecule has 1 amide bonds. The van der Waals surface area contributed by atoms with Crippen LogP contribution in [0.1, 0.15) is 36.5 Å². The van der Waals surface area contributed by atoms with Crippen LogP contribution in [-0.4, -0.2) is 27.3 Å². The van der Waals surface area contributed by atoms with Crippen molar-refractivity contribution in [3.05, 3.63) is 65.7 Å². The molecule has 28 heavy (non-hydrogen) atoms. The third kappa shape index (κ3) is 4.43. The number of amides is 1. The summed E-state index contributed by atoms with van der Waals surface area (Å²) in [6.07, 6.45) is 1.08. The van der Waals surface area contributed by atoms with Crippen molar-refractivity contribution in [3.8, 4) is 17.1 Å². The maximum absolute atomic E-state index is 14.3. The van der Waals surface area contributed by atoms with Gasteiger partial charge in [-0.1, -0.05) is 44.5 Å². The van der Waals surface area contributed by atoms with Gasteiger partial charge in [0.15, 0.2) is 5.82 Å². The third-order valence-corrected chi connectivity index (χ3v) is 4.49. The van der Waals surface area contributed by atoms with Gasteiger partial charge in [-0.15, -0.1) is 5.10 Å². The molecule has 0 bridgehead atoms. The zero-order valence-electron chi connectivity index (χ0n) is 15.9. The smallest absolute Gasteiger partial charge is 0.288 e. The summed E-state index contributed by atoms with van der Waals surface area (Å²) >= 11 is 0. The van der Waals surface area contributed by atoms with Gasteiger partial charge in [-0.3, -0.25) is 4.79 Å². The van der Waals surface area contributed by atoms with Crippen molar-refractivity contribution >= 4 is 5.91 Å². The number of ether oxygens (including phenoxy) is 1. The fraction of sp³-hybridized carbons (Fsp3) is 0.286. The first kappa shape index (κ1) is 19.7. The Morgan fingerprint density at radius 2 is 1.93 bits per heavy atom. The van der Waals surface area contributed by atoms with Crippen LogP contribution in [0.2, 0.25) is 0 Å². The van der Waals surface area contributed by atoms with Crippen LogP contribution < -0.4 is 5.73 Å². The van der Waals surface area contributed by atoms with E-state index in [1.165, 1.54) is 10.7 Å². The molecule has 0 aliphatic heterocycles. The largest absolute Gasteiger partial charge is 0.376 e. The van der Waals surface area contributed by atoms with Crippen LogP contribution in [-0.2, 0) is 11.3 Å². The summed E-state index contributed by atoms with van der Waals surface area (Å²) in [6, 6.07) is 13.7.